The highest BCUT2D eigenvalue weighted by atomic mass is 32.2. The van der Waals surface area contributed by atoms with Crippen molar-refractivity contribution >= 4 is 11.0 Å². The first-order valence-electron chi connectivity index (χ1n) is 7.34. The third kappa shape index (κ3) is 5.64. The molecule has 0 saturated carbocycles. The van der Waals surface area contributed by atoms with E-state index >= 15 is 0 Å². The molecule has 0 aromatic heterocycles. The van der Waals surface area contributed by atoms with E-state index in [1.54, 1.807) is 0 Å². The molecule has 0 amide bonds. The maximum Gasteiger partial charge on any atom is 0.0975 e. The van der Waals surface area contributed by atoms with Gasteiger partial charge in [-0.2, -0.15) is 0 Å². The van der Waals surface area contributed by atoms with Crippen molar-refractivity contribution < 1.29 is 4.21 Å². The molecular weight excluding hydrogens is 280 g/mol. The molecule has 0 aromatic carbocycles. The van der Waals surface area contributed by atoms with Crippen LogP contribution in [0.3, 0.4) is 0 Å². The highest BCUT2D eigenvalue weighted by molar-refractivity contribution is 7.84. The van der Waals surface area contributed by atoms with Gasteiger partial charge in [0, 0.05) is 24.1 Å². The van der Waals surface area contributed by atoms with Crippen LogP contribution in [-0.4, -0.2) is 19.9 Å². The van der Waals surface area contributed by atoms with E-state index in [1.165, 1.54) is 0 Å². The predicted molar refractivity (Wildman–Crippen MR) is 92.7 cm³/mol. The molecule has 1 aliphatic heterocycles. The molecule has 4 heteroatoms. The fraction of sp³-hybridized carbons (Fsp3) is 0.529. The molecule has 0 aromatic rings. The number of hydrogen-bond acceptors (Lipinski definition) is 2. The Kier molecular flexibility index (Phi) is 6.17. The summed E-state index contributed by atoms with van der Waals surface area (Å²) in [6, 6.07) is 0.0179. The van der Waals surface area contributed by atoms with E-state index in [0.29, 0.717) is 5.92 Å². The molecule has 0 radical (unpaired) electrons. The topological polar surface area (TPSA) is 32.3 Å². The van der Waals surface area contributed by atoms with Gasteiger partial charge in [0.25, 0.3) is 0 Å². The molecule has 0 spiro atoms. The first-order chi connectivity index (χ1) is 9.61. The van der Waals surface area contributed by atoms with Crippen LogP contribution in [0, 0.1) is 5.92 Å². The largest absolute Gasteiger partial charge is 0.324 e. The van der Waals surface area contributed by atoms with Gasteiger partial charge in [-0.05, 0) is 45.3 Å². The maximum absolute atomic E-state index is 12.2. The zero-order valence-corrected chi connectivity index (χ0v) is 14.8. The Hall–Kier alpha value is -1.13. The molecular formula is C17H28N2OS. The Morgan fingerprint density at radius 1 is 1.29 bits per heavy atom. The van der Waals surface area contributed by atoms with Gasteiger partial charge < -0.3 is 4.90 Å². The van der Waals surface area contributed by atoms with Gasteiger partial charge in [0.15, 0.2) is 0 Å². The average Bonchev–Trinajstić information content (AvgIpc) is 2.36. The molecule has 0 aliphatic carbocycles. The van der Waals surface area contributed by atoms with Gasteiger partial charge in [0.2, 0.25) is 0 Å². The molecule has 3 nitrogen and oxygen atoms in total. The van der Waals surface area contributed by atoms with E-state index in [2.05, 4.69) is 31.2 Å². The minimum absolute atomic E-state index is 0.0179. The fourth-order valence-corrected chi connectivity index (χ4v) is 2.44. The van der Waals surface area contributed by atoms with Gasteiger partial charge in [-0.15, -0.1) is 0 Å². The van der Waals surface area contributed by atoms with Crippen molar-refractivity contribution in [2.24, 2.45) is 5.92 Å². The molecule has 0 saturated heterocycles. The zero-order valence-electron chi connectivity index (χ0n) is 14.0. The van der Waals surface area contributed by atoms with Gasteiger partial charge in [-0.1, -0.05) is 32.6 Å². The molecule has 1 N–H and O–H groups in total. The van der Waals surface area contributed by atoms with Crippen LogP contribution in [0.15, 0.2) is 48.5 Å². The van der Waals surface area contributed by atoms with Crippen LogP contribution in [0.2, 0.25) is 0 Å². The molecule has 118 valence electrons. The van der Waals surface area contributed by atoms with E-state index in [-0.39, 0.29) is 10.8 Å². The van der Waals surface area contributed by atoms with Crippen molar-refractivity contribution in [3.05, 3.63) is 48.5 Å². The van der Waals surface area contributed by atoms with Gasteiger partial charge >= 0.3 is 0 Å². The lowest BCUT2D eigenvalue weighted by atomic mass is 10.1. The minimum Gasteiger partial charge on any atom is -0.324 e. The van der Waals surface area contributed by atoms with Gasteiger partial charge in [0.05, 0.1) is 15.7 Å². The second kappa shape index (κ2) is 7.23. The smallest absolute Gasteiger partial charge is 0.0975 e. The van der Waals surface area contributed by atoms with Crippen LogP contribution in [-0.2, 0) is 11.0 Å². The molecule has 0 bridgehead atoms. The summed E-state index contributed by atoms with van der Waals surface area (Å²) >= 11 is 0. The Bertz CT molecular complexity index is 495. The van der Waals surface area contributed by atoms with Gasteiger partial charge in [-0.3, -0.25) is 0 Å². The van der Waals surface area contributed by atoms with Crippen LogP contribution in [0.5, 0.6) is 0 Å². The normalized spacial score (nSPS) is 19.3. The van der Waals surface area contributed by atoms with Crippen LogP contribution in [0.25, 0.3) is 0 Å². The summed E-state index contributed by atoms with van der Waals surface area (Å²) in [7, 11) is -1.08. The number of nitrogens with one attached hydrogen (secondary N) is 1. The summed E-state index contributed by atoms with van der Waals surface area (Å²) in [6.45, 7) is 16.2. The molecule has 1 rings (SSSR count). The molecule has 2 unspecified atom stereocenters. The summed E-state index contributed by atoms with van der Waals surface area (Å²) in [4.78, 5) is 2.01. The monoisotopic (exact) mass is 308 g/mol. The Balaban J connectivity index is 2.82. The Labute approximate surface area is 132 Å². The second-order valence-corrected chi connectivity index (χ2v) is 8.67. The summed E-state index contributed by atoms with van der Waals surface area (Å²) in [5, 5.41) is 0. The van der Waals surface area contributed by atoms with E-state index < -0.39 is 11.0 Å². The van der Waals surface area contributed by atoms with Crippen LogP contribution in [0.1, 0.15) is 41.5 Å². The summed E-state index contributed by atoms with van der Waals surface area (Å²) in [6.07, 6.45) is 10.2. The molecule has 1 heterocycles. The highest BCUT2D eigenvalue weighted by Gasteiger charge is 2.22. The lowest BCUT2D eigenvalue weighted by Crippen LogP contribution is -2.39. The average molecular weight is 308 g/mol. The van der Waals surface area contributed by atoms with Crippen molar-refractivity contribution in [3.63, 3.8) is 0 Å². The van der Waals surface area contributed by atoms with Crippen LogP contribution >= 0.6 is 0 Å². The summed E-state index contributed by atoms with van der Waals surface area (Å²) in [5.74, 6) is 0.490. The fourth-order valence-electron chi connectivity index (χ4n) is 1.63. The highest BCUT2D eigenvalue weighted by Crippen LogP contribution is 2.20. The van der Waals surface area contributed by atoms with Gasteiger partial charge in [0.1, 0.15) is 0 Å². The zero-order chi connectivity index (χ0) is 16.2. The molecule has 21 heavy (non-hydrogen) atoms. The van der Waals surface area contributed by atoms with E-state index in [9.17, 15) is 4.21 Å². The standard InChI is InChI=1S/C17H28N2OS/c1-13(2)10-11-19-12-16(9-8-14(19)3)15(4)18-21(20)17(5,6)7/h8-13,15,18H,3H2,1-2,4-7H3/b11-10-. The third-order valence-electron chi connectivity index (χ3n) is 3.06. The SMILES string of the molecule is C=C1C=CC(C(C)NS(=O)C(C)(C)C)=CN1/C=C\C(C)C. The summed E-state index contributed by atoms with van der Waals surface area (Å²) < 4.78 is 15.1. The van der Waals surface area contributed by atoms with Crippen molar-refractivity contribution in [2.45, 2.75) is 52.3 Å². The quantitative estimate of drug-likeness (QED) is 0.836. The summed E-state index contributed by atoms with van der Waals surface area (Å²) in [5.41, 5.74) is 2.02. The first-order valence-corrected chi connectivity index (χ1v) is 8.49. The van der Waals surface area contributed by atoms with E-state index in [4.69, 9.17) is 0 Å². The molecule has 1 aliphatic rings. The van der Waals surface area contributed by atoms with Crippen molar-refractivity contribution in [3.8, 4) is 0 Å². The number of allylic oxidation sites excluding steroid dienone is 2. The lowest BCUT2D eigenvalue weighted by molar-refractivity contribution is 0.604. The third-order valence-corrected chi connectivity index (χ3v) is 4.74. The van der Waals surface area contributed by atoms with E-state index in [1.807, 2.05) is 57.1 Å². The van der Waals surface area contributed by atoms with Crippen LogP contribution in [0.4, 0.5) is 0 Å². The Morgan fingerprint density at radius 2 is 1.90 bits per heavy atom. The number of rotatable bonds is 5. The van der Waals surface area contributed by atoms with Crippen molar-refractivity contribution in [1.82, 2.24) is 9.62 Å². The predicted octanol–water partition coefficient (Wildman–Crippen LogP) is 3.87. The number of hydrogen-bond donors (Lipinski definition) is 1. The maximum atomic E-state index is 12.2. The van der Waals surface area contributed by atoms with Crippen molar-refractivity contribution in [2.75, 3.05) is 0 Å². The van der Waals surface area contributed by atoms with E-state index in [0.717, 1.165) is 11.3 Å². The second-order valence-electron chi connectivity index (χ2n) is 6.67. The number of nitrogens with zero attached hydrogens (tertiary/aromatic N) is 1. The molecule has 2 atom stereocenters. The first kappa shape index (κ1) is 17.9. The Morgan fingerprint density at radius 3 is 2.43 bits per heavy atom. The molecule has 0 fully saturated rings. The van der Waals surface area contributed by atoms with Gasteiger partial charge in [-0.25, -0.2) is 8.93 Å². The van der Waals surface area contributed by atoms with Crippen molar-refractivity contribution in [1.29, 1.82) is 0 Å². The van der Waals surface area contributed by atoms with Crippen LogP contribution < -0.4 is 4.72 Å². The lowest BCUT2D eigenvalue weighted by Gasteiger charge is -2.27. The minimum atomic E-state index is -1.08.